The summed E-state index contributed by atoms with van der Waals surface area (Å²) in [6.07, 6.45) is 11.6. The molecule has 0 aromatic heterocycles. The first kappa shape index (κ1) is 23.9. The first-order valence-corrected chi connectivity index (χ1v) is 12.1. The van der Waals surface area contributed by atoms with Crippen LogP contribution in [0.15, 0.2) is 23.2 Å². The van der Waals surface area contributed by atoms with Gasteiger partial charge in [-0.1, -0.05) is 31.4 Å². The molecule has 1 saturated heterocycles. The first-order chi connectivity index (χ1) is 15.2. The number of nitrogens with zero attached hydrogens (tertiary/aromatic N) is 1. The summed E-state index contributed by atoms with van der Waals surface area (Å²) in [6, 6.07) is 6.37. The molecular weight excluding hydrogens is 390 g/mol. The van der Waals surface area contributed by atoms with Crippen LogP contribution in [0.1, 0.15) is 68.9 Å². The number of guanidine groups is 1. The Morgan fingerprint density at radius 1 is 1.06 bits per heavy atom. The lowest BCUT2D eigenvalue weighted by Crippen LogP contribution is -2.37. The van der Waals surface area contributed by atoms with Gasteiger partial charge in [0.2, 0.25) is 0 Å². The van der Waals surface area contributed by atoms with E-state index in [2.05, 4.69) is 40.7 Å². The van der Waals surface area contributed by atoms with Gasteiger partial charge in [0.05, 0.1) is 19.3 Å². The zero-order valence-corrected chi connectivity index (χ0v) is 19.5. The lowest BCUT2D eigenvalue weighted by molar-refractivity contribution is 0.0264. The van der Waals surface area contributed by atoms with Crippen LogP contribution in [0, 0.1) is 6.92 Å². The van der Waals surface area contributed by atoms with Crippen LogP contribution >= 0.6 is 0 Å². The van der Waals surface area contributed by atoms with E-state index in [9.17, 15) is 0 Å². The zero-order valence-electron chi connectivity index (χ0n) is 19.5. The van der Waals surface area contributed by atoms with Gasteiger partial charge in [0.25, 0.3) is 0 Å². The molecule has 6 nitrogen and oxygen atoms in total. The molecule has 2 aliphatic rings. The van der Waals surface area contributed by atoms with Crippen LogP contribution in [-0.4, -0.2) is 51.6 Å². The third kappa shape index (κ3) is 8.69. The van der Waals surface area contributed by atoms with E-state index < -0.39 is 0 Å². The van der Waals surface area contributed by atoms with Gasteiger partial charge >= 0.3 is 0 Å². The van der Waals surface area contributed by atoms with Gasteiger partial charge < -0.3 is 24.8 Å². The summed E-state index contributed by atoms with van der Waals surface area (Å²) in [5.74, 6) is 1.77. The van der Waals surface area contributed by atoms with Crippen molar-refractivity contribution in [1.29, 1.82) is 0 Å². The molecule has 0 bridgehead atoms. The molecule has 6 heteroatoms. The number of unbranched alkanes of at least 4 members (excludes halogenated alkanes) is 2. The Labute approximate surface area is 188 Å². The predicted molar refractivity (Wildman–Crippen MR) is 126 cm³/mol. The van der Waals surface area contributed by atoms with E-state index in [-0.39, 0.29) is 6.10 Å². The number of hydrogen-bond acceptors (Lipinski definition) is 4. The predicted octanol–water partition coefficient (Wildman–Crippen LogP) is 4.35. The molecule has 1 aliphatic heterocycles. The van der Waals surface area contributed by atoms with Crippen molar-refractivity contribution < 1.29 is 14.2 Å². The highest BCUT2D eigenvalue weighted by Gasteiger charge is 2.19. The maximum absolute atomic E-state index is 6.20. The molecule has 174 valence electrons. The van der Waals surface area contributed by atoms with Gasteiger partial charge in [-0.25, -0.2) is 0 Å². The van der Waals surface area contributed by atoms with Crippen molar-refractivity contribution in [2.45, 2.75) is 83.5 Å². The number of aliphatic imine (C=N–C) groups is 1. The van der Waals surface area contributed by atoms with E-state index >= 15 is 0 Å². The van der Waals surface area contributed by atoms with Gasteiger partial charge in [0.1, 0.15) is 11.9 Å². The van der Waals surface area contributed by atoms with E-state index in [0.29, 0.717) is 19.3 Å². The van der Waals surface area contributed by atoms with E-state index in [4.69, 9.17) is 14.2 Å². The smallest absolute Gasteiger partial charge is 0.191 e. The van der Waals surface area contributed by atoms with Crippen LogP contribution in [0.5, 0.6) is 5.75 Å². The monoisotopic (exact) mass is 431 g/mol. The molecule has 0 amide bonds. The highest BCUT2D eigenvalue weighted by Crippen LogP contribution is 2.24. The standard InChI is InChI=1S/C25H41N3O3/c1-20-11-12-21(24(17-20)31-23-13-16-29-19-23)18-28-25(26-2)27-14-7-4-8-15-30-22-9-5-3-6-10-22/h11-12,17,22-23H,3-10,13-16,18-19H2,1-2H3,(H2,26,27,28). The Balaban J connectivity index is 1.32. The second kappa shape index (κ2) is 13.6. The third-order valence-electron chi connectivity index (χ3n) is 6.09. The first-order valence-electron chi connectivity index (χ1n) is 12.1. The molecule has 31 heavy (non-hydrogen) atoms. The number of aryl methyl sites for hydroxylation is 1. The summed E-state index contributed by atoms with van der Waals surface area (Å²) in [6.45, 7) is 6.05. The summed E-state index contributed by atoms with van der Waals surface area (Å²) >= 11 is 0. The minimum atomic E-state index is 0.153. The minimum absolute atomic E-state index is 0.153. The fourth-order valence-electron chi connectivity index (χ4n) is 4.19. The average Bonchev–Trinajstić information content (AvgIpc) is 3.30. The minimum Gasteiger partial charge on any atom is -0.488 e. The number of hydrogen-bond donors (Lipinski definition) is 2. The van der Waals surface area contributed by atoms with Crippen molar-refractivity contribution in [2.24, 2.45) is 4.99 Å². The Morgan fingerprint density at radius 3 is 2.71 bits per heavy atom. The van der Waals surface area contributed by atoms with Gasteiger partial charge in [-0.3, -0.25) is 4.99 Å². The summed E-state index contributed by atoms with van der Waals surface area (Å²) in [4.78, 5) is 4.36. The fraction of sp³-hybridized carbons (Fsp3) is 0.720. The van der Waals surface area contributed by atoms with Gasteiger partial charge in [-0.15, -0.1) is 0 Å². The number of benzene rings is 1. The largest absolute Gasteiger partial charge is 0.488 e. The van der Waals surface area contributed by atoms with Crippen molar-refractivity contribution in [3.05, 3.63) is 29.3 Å². The molecule has 1 aromatic rings. The summed E-state index contributed by atoms with van der Waals surface area (Å²) in [5.41, 5.74) is 2.34. The molecular formula is C25H41N3O3. The second-order valence-electron chi connectivity index (χ2n) is 8.76. The number of nitrogens with one attached hydrogen (secondary N) is 2. The average molecular weight is 432 g/mol. The van der Waals surface area contributed by atoms with Crippen LogP contribution in [-0.2, 0) is 16.0 Å². The Kier molecular flexibility index (Phi) is 10.5. The van der Waals surface area contributed by atoms with Gasteiger partial charge in [-0.05, 0) is 50.7 Å². The Bertz CT molecular complexity index is 668. The van der Waals surface area contributed by atoms with Crippen molar-refractivity contribution in [3.8, 4) is 5.75 Å². The van der Waals surface area contributed by atoms with Crippen LogP contribution < -0.4 is 15.4 Å². The summed E-state index contributed by atoms with van der Waals surface area (Å²) in [5, 5.41) is 6.84. The Hall–Kier alpha value is -1.79. The molecule has 2 N–H and O–H groups in total. The molecule has 1 aromatic carbocycles. The molecule has 0 spiro atoms. The maximum atomic E-state index is 6.20. The second-order valence-corrected chi connectivity index (χ2v) is 8.76. The molecule has 1 heterocycles. The summed E-state index contributed by atoms with van der Waals surface area (Å²) in [7, 11) is 1.82. The fourth-order valence-corrected chi connectivity index (χ4v) is 4.19. The highest BCUT2D eigenvalue weighted by molar-refractivity contribution is 5.79. The van der Waals surface area contributed by atoms with E-state index in [1.165, 1.54) is 44.1 Å². The van der Waals surface area contributed by atoms with E-state index in [0.717, 1.165) is 56.3 Å². The van der Waals surface area contributed by atoms with Crippen LogP contribution in [0.2, 0.25) is 0 Å². The van der Waals surface area contributed by atoms with E-state index in [1.54, 1.807) is 0 Å². The van der Waals surface area contributed by atoms with Crippen LogP contribution in [0.4, 0.5) is 0 Å². The van der Waals surface area contributed by atoms with Gasteiger partial charge in [0, 0.05) is 38.7 Å². The van der Waals surface area contributed by atoms with Gasteiger partial charge in [-0.2, -0.15) is 0 Å². The SMILES string of the molecule is CN=C(NCCCCCOC1CCCCC1)NCc1ccc(C)cc1OC1CCOC1. The lowest BCUT2D eigenvalue weighted by atomic mass is 9.98. The number of rotatable bonds is 11. The third-order valence-corrected chi connectivity index (χ3v) is 6.09. The van der Waals surface area contributed by atoms with Gasteiger partial charge in [0.15, 0.2) is 5.96 Å². The zero-order chi connectivity index (χ0) is 21.7. The Morgan fingerprint density at radius 2 is 1.94 bits per heavy atom. The molecule has 1 saturated carbocycles. The topological polar surface area (TPSA) is 64.1 Å². The highest BCUT2D eigenvalue weighted by atomic mass is 16.5. The lowest BCUT2D eigenvalue weighted by Gasteiger charge is -2.21. The normalized spacial score (nSPS) is 20.1. The van der Waals surface area contributed by atoms with Crippen molar-refractivity contribution in [2.75, 3.05) is 33.4 Å². The molecule has 1 aliphatic carbocycles. The van der Waals surface area contributed by atoms with Crippen LogP contribution in [0.3, 0.4) is 0 Å². The van der Waals surface area contributed by atoms with Crippen LogP contribution in [0.25, 0.3) is 0 Å². The van der Waals surface area contributed by atoms with Crippen molar-refractivity contribution in [1.82, 2.24) is 10.6 Å². The summed E-state index contributed by atoms with van der Waals surface area (Å²) < 4.78 is 17.7. The molecule has 0 radical (unpaired) electrons. The maximum Gasteiger partial charge on any atom is 0.191 e. The molecule has 1 unspecified atom stereocenters. The quantitative estimate of drug-likeness (QED) is 0.310. The van der Waals surface area contributed by atoms with Crippen molar-refractivity contribution in [3.63, 3.8) is 0 Å². The molecule has 3 rings (SSSR count). The van der Waals surface area contributed by atoms with Crippen molar-refractivity contribution >= 4 is 5.96 Å². The number of ether oxygens (including phenoxy) is 3. The molecule has 2 fully saturated rings. The molecule has 1 atom stereocenters. The van der Waals surface area contributed by atoms with E-state index in [1.807, 2.05) is 7.05 Å².